The molecule has 3 aromatic carbocycles. The minimum absolute atomic E-state index is 0.0539. The summed E-state index contributed by atoms with van der Waals surface area (Å²) in [6.45, 7) is 0. The van der Waals surface area contributed by atoms with Gasteiger partial charge in [-0.1, -0.05) is 6.07 Å². The highest BCUT2D eigenvalue weighted by Crippen LogP contribution is 2.43. The second-order valence-electron chi connectivity index (χ2n) is 6.25. The van der Waals surface area contributed by atoms with Crippen LogP contribution in [0.5, 0.6) is 17.2 Å². The van der Waals surface area contributed by atoms with Crippen LogP contribution in [-0.2, 0) is 4.74 Å². The molecular weight excluding hydrogens is 456 g/mol. The number of fused-ring (bicyclic) bond motifs is 1. The van der Waals surface area contributed by atoms with E-state index in [4.69, 9.17) is 18.9 Å². The summed E-state index contributed by atoms with van der Waals surface area (Å²) in [5, 5.41) is 11.1. The highest BCUT2D eigenvalue weighted by Gasteiger charge is 2.26. The molecule has 30 heavy (non-hydrogen) atoms. The molecule has 0 fully saturated rings. The third-order valence-corrected chi connectivity index (χ3v) is 5.28. The number of aromatic carboxylic acids is 1. The summed E-state index contributed by atoms with van der Waals surface area (Å²) < 4.78 is 21.6. The molecule has 0 bridgehead atoms. The van der Waals surface area contributed by atoms with E-state index in [2.05, 4.69) is 15.9 Å². The van der Waals surface area contributed by atoms with Crippen LogP contribution in [0.2, 0.25) is 0 Å². The Balaban J connectivity index is 2.52. The van der Waals surface area contributed by atoms with Crippen molar-refractivity contribution in [2.45, 2.75) is 0 Å². The van der Waals surface area contributed by atoms with Crippen LogP contribution >= 0.6 is 15.9 Å². The molecule has 0 spiro atoms. The summed E-state index contributed by atoms with van der Waals surface area (Å²) in [6.07, 6.45) is 0. The van der Waals surface area contributed by atoms with E-state index in [0.717, 1.165) is 0 Å². The van der Waals surface area contributed by atoms with Gasteiger partial charge in [0.05, 0.1) is 44.0 Å². The van der Waals surface area contributed by atoms with Gasteiger partial charge in [-0.2, -0.15) is 0 Å². The molecule has 0 atom stereocenters. The van der Waals surface area contributed by atoms with Crippen molar-refractivity contribution in [3.63, 3.8) is 0 Å². The van der Waals surface area contributed by atoms with E-state index in [0.29, 0.717) is 43.6 Å². The van der Waals surface area contributed by atoms with Crippen molar-refractivity contribution in [3.8, 4) is 28.4 Å². The van der Waals surface area contributed by atoms with E-state index in [1.807, 2.05) is 0 Å². The zero-order chi connectivity index (χ0) is 22.0. The SMILES string of the molecule is COC(=O)c1c(C(=O)O)cc2cc(OC)ccc2c1-c1cc(Br)c(OC)c(OC)c1. The number of carbonyl (C=O) groups excluding carboxylic acids is 1. The maximum Gasteiger partial charge on any atom is 0.339 e. The van der Waals surface area contributed by atoms with Crippen molar-refractivity contribution in [2.24, 2.45) is 0 Å². The predicted molar refractivity (Wildman–Crippen MR) is 115 cm³/mol. The van der Waals surface area contributed by atoms with Gasteiger partial charge in [-0.3, -0.25) is 0 Å². The largest absolute Gasteiger partial charge is 0.497 e. The van der Waals surface area contributed by atoms with Crippen molar-refractivity contribution in [1.82, 2.24) is 0 Å². The van der Waals surface area contributed by atoms with Crippen LogP contribution < -0.4 is 14.2 Å². The van der Waals surface area contributed by atoms with E-state index in [-0.39, 0.29) is 11.1 Å². The molecular formula is C22H19BrO7. The zero-order valence-electron chi connectivity index (χ0n) is 16.7. The summed E-state index contributed by atoms with van der Waals surface area (Å²) in [6, 6.07) is 10.1. The summed E-state index contributed by atoms with van der Waals surface area (Å²) in [4.78, 5) is 24.7. The van der Waals surface area contributed by atoms with Gasteiger partial charge in [0.2, 0.25) is 0 Å². The maximum atomic E-state index is 12.7. The number of hydrogen-bond donors (Lipinski definition) is 1. The first-order valence-corrected chi connectivity index (χ1v) is 9.53. The van der Waals surface area contributed by atoms with Gasteiger partial charge in [0.25, 0.3) is 0 Å². The number of carbonyl (C=O) groups is 2. The molecule has 0 saturated heterocycles. The first-order valence-electron chi connectivity index (χ1n) is 8.74. The monoisotopic (exact) mass is 474 g/mol. The summed E-state index contributed by atoms with van der Waals surface area (Å²) >= 11 is 3.45. The first kappa shape index (κ1) is 21.4. The van der Waals surface area contributed by atoms with E-state index in [9.17, 15) is 14.7 Å². The number of halogens is 1. The number of methoxy groups -OCH3 is 4. The van der Waals surface area contributed by atoms with E-state index in [1.165, 1.54) is 34.5 Å². The van der Waals surface area contributed by atoms with Gasteiger partial charge in [-0.05, 0) is 62.6 Å². The summed E-state index contributed by atoms with van der Waals surface area (Å²) in [5.41, 5.74) is 0.726. The maximum absolute atomic E-state index is 12.7. The first-order chi connectivity index (χ1) is 14.4. The van der Waals surface area contributed by atoms with E-state index < -0.39 is 11.9 Å². The van der Waals surface area contributed by atoms with Crippen LogP contribution in [0.25, 0.3) is 21.9 Å². The number of rotatable bonds is 6. The topological polar surface area (TPSA) is 91.3 Å². The lowest BCUT2D eigenvalue weighted by Crippen LogP contribution is -2.12. The summed E-state index contributed by atoms with van der Waals surface area (Å²) in [5.74, 6) is -0.558. The van der Waals surface area contributed by atoms with Crippen molar-refractivity contribution in [3.05, 3.63) is 52.0 Å². The number of carboxylic acid groups (broad SMARTS) is 1. The Hall–Kier alpha value is -3.26. The molecule has 3 aromatic rings. The predicted octanol–water partition coefficient (Wildman–Crippen LogP) is 4.78. The number of carboxylic acids is 1. The van der Waals surface area contributed by atoms with Gasteiger partial charge in [-0.25, -0.2) is 9.59 Å². The van der Waals surface area contributed by atoms with Crippen LogP contribution in [0, 0.1) is 0 Å². The second kappa shape index (κ2) is 8.62. The molecule has 0 aliphatic carbocycles. The smallest absolute Gasteiger partial charge is 0.339 e. The summed E-state index contributed by atoms with van der Waals surface area (Å²) in [7, 11) is 5.73. The second-order valence-corrected chi connectivity index (χ2v) is 7.11. The van der Waals surface area contributed by atoms with Gasteiger partial charge >= 0.3 is 11.9 Å². The van der Waals surface area contributed by atoms with Crippen LogP contribution in [-0.4, -0.2) is 45.5 Å². The Kier molecular flexibility index (Phi) is 6.17. The molecule has 156 valence electrons. The van der Waals surface area contributed by atoms with Gasteiger partial charge in [-0.15, -0.1) is 0 Å². The minimum Gasteiger partial charge on any atom is -0.497 e. The van der Waals surface area contributed by atoms with Gasteiger partial charge in [0.1, 0.15) is 5.75 Å². The van der Waals surface area contributed by atoms with Gasteiger partial charge in [0, 0.05) is 5.56 Å². The Morgan fingerprint density at radius 2 is 1.67 bits per heavy atom. The lowest BCUT2D eigenvalue weighted by Gasteiger charge is -2.18. The average molecular weight is 475 g/mol. The lowest BCUT2D eigenvalue weighted by molar-refractivity contribution is 0.0584. The molecule has 0 aliphatic heterocycles. The van der Waals surface area contributed by atoms with Crippen LogP contribution in [0.3, 0.4) is 0 Å². The molecule has 3 rings (SSSR count). The van der Waals surface area contributed by atoms with Gasteiger partial charge < -0.3 is 24.1 Å². The fraction of sp³-hybridized carbons (Fsp3) is 0.182. The molecule has 0 unspecified atom stereocenters. The van der Waals surface area contributed by atoms with E-state index >= 15 is 0 Å². The third-order valence-electron chi connectivity index (χ3n) is 4.69. The fourth-order valence-electron chi connectivity index (χ4n) is 3.36. The Morgan fingerprint density at radius 1 is 0.933 bits per heavy atom. The van der Waals surface area contributed by atoms with Crippen molar-refractivity contribution in [1.29, 1.82) is 0 Å². The molecule has 0 aromatic heterocycles. The molecule has 0 heterocycles. The van der Waals surface area contributed by atoms with Crippen LogP contribution in [0.1, 0.15) is 20.7 Å². The normalized spacial score (nSPS) is 10.6. The lowest BCUT2D eigenvalue weighted by atomic mass is 9.89. The fourth-order valence-corrected chi connectivity index (χ4v) is 3.96. The highest BCUT2D eigenvalue weighted by molar-refractivity contribution is 9.10. The number of benzene rings is 3. The Labute approximate surface area is 181 Å². The molecule has 0 radical (unpaired) electrons. The number of esters is 1. The highest BCUT2D eigenvalue weighted by atomic mass is 79.9. The Bertz CT molecular complexity index is 1150. The third kappa shape index (κ3) is 3.66. The molecule has 0 saturated carbocycles. The van der Waals surface area contributed by atoms with Crippen molar-refractivity contribution >= 4 is 38.6 Å². The van der Waals surface area contributed by atoms with Crippen LogP contribution in [0.4, 0.5) is 0 Å². The standard InChI is InChI=1S/C22H19BrO7/c1-27-13-5-6-14-11(7-13)8-15(21(24)25)19(22(26)30-4)18(14)12-9-16(23)20(29-3)17(10-12)28-2/h5-10H,1-4H3,(H,24,25). The van der Waals surface area contributed by atoms with Gasteiger partial charge in [0.15, 0.2) is 11.5 Å². The molecule has 8 heteroatoms. The minimum atomic E-state index is -1.25. The molecule has 0 aliphatic rings. The molecule has 7 nitrogen and oxygen atoms in total. The van der Waals surface area contributed by atoms with Crippen molar-refractivity contribution in [2.75, 3.05) is 28.4 Å². The Morgan fingerprint density at radius 3 is 2.23 bits per heavy atom. The van der Waals surface area contributed by atoms with Crippen LogP contribution in [0.15, 0.2) is 40.9 Å². The molecule has 0 amide bonds. The zero-order valence-corrected chi connectivity index (χ0v) is 18.3. The molecule has 1 N–H and O–H groups in total. The quantitative estimate of drug-likeness (QED) is 0.513. The van der Waals surface area contributed by atoms with Crippen molar-refractivity contribution < 1.29 is 33.6 Å². The number of hydrogen-bond acceptors (Lipinski definition) is 6. The average Bonchev–Trinajstić information content (AvgIpc) is 2.75. The number of ether oxygens (including phenoxy) is 4. The van der Waals surface area contributed by atoms with E-state index in [1.54, 1.807) is 30.3 Å².